The summed E-state index contributed by atoms with van der Waals surface area (Å²) in [4.78, 5) is 5.00. The first-order valence-electron chi connectivity index (χ1n) is 42.8. The Morgan fingerprint density at radius 1 is 0.299 bits per heavy atom. The van der Waals surface area contributed by atoms with Crippen LogP contribution >= 0.6 is 0 Å². The highest BCUT2D eigenvalue weighted by Crippen LogP contribution is 2.56. The predicted molar refractivity (Wildman–Crippen MR) is 455 cm³/mol. The van der Waals surface area contributed by atoms with E-state index in [1.54, 1.807) is 4.57 Å². The Bertz CT molecular complexity index is 7250. The summed E-state index contributed by atoms with van der Waals surface area (Å²) in [7, 11) is 0. The Labute approximate surface area is 644 Å². The van der Waals surface area contributed by atoms with Gasteiger partial charge in [0.1, 0.15) is 11.2 Å². The van der Waals surface area contributed by atoms with Crippen molar-refractivity contribution in [3.63, 3.8) is 0 Å². The predicted octanol–water partition coefficient (Wildman–Crippen LogP) is 26.3. The summed E-state index contributed by atoms with van der Waals surface area (Å²) < 4.78 is 123. The second-order valence-electron chi connectivity index (χ2n) is 32.0. The van der Waals surface area contributed by atoms with E-state index in [4.69, 9.17) is 8.53 Å². The van der Waals surface area contributed by atoms with Gasteiger partial charge in [0.15, 0.2) is 0 Å². The maximum absolute atomic E-state index is 10.4. The Balaban J connectivity index is 1.01. The van der Waals surface area contributed by atoms with Gasteiger partial charge in [0, 0.05) is 72.2 Å². The lowest BCUT2D eigenvalue weighted by Crippen LogP contribution is -2.61. The van der Waals surface area contributed by atoms with Gasteiger partial charge in [-0.3, -0.25) is 0 Å². The van der Waals surface area contributed by atoms with Gasteiger partial charge in [0.2, 0.25) is 0 Å². The van der Waals surface area contributed by atoms with Crippen LogP contribution in [0, 0.1) is 0 Å². The number of furan rings is 1. The molecule has 20 rings (SSSR count). The molecule has 2 aromatic heterocycles. The topological polar surface area (TPSA) is 24.6 Å². The number of nitrogens with zero attached hydrogens (tertiary/aromatic N) is 3. The van der Waals surface area contributed by atoms with Crippen molar-refractivity contribution in [1.29, 1.82) is 0 Å². The third kappa shape index (κ3) is 10.5. The third-order valence-electron chi connectivity index (χ3n) is 22.2. The molecule has 107 heavy (non-hydrogen) atoms. The van der Waals surface area contributed by atoms with Crippen LogP contribution in [0.15, 0.2) is 326 Å². The lowest BCUT2D eigenvalue weighted by molar-refractivity contribution is 0.590. The van der Waals surface area contributed by atoms with Crippen LogP contribution in [-0.4, -0.2) is 11.3 Å². The smallest absolute Gasteiger partial charge is 0.252 e. The van der Waals surface area contributed by atoms with E-state index in [1.165, 1.54) is 0 Å². The molecule has 0 unspecified atom stereocenters. The summed E-state index contributed by atoms with van der Waals surface area (Å²) in [5.74, 6) is 0. The average molecular weight is 1390 g/mol. The number of hydrogen-bond donors (Lipinski definition) is 0. The van der Waals surface area contributed by atoms with Crippen LogP contribution in [0.25, 0.3) is 138 Å². The SMILES string of the molecule is [2H]c1c([2H])c([2H])c(-c2c([2H])c([2H])c3c(c2[2H])c2c([2H])c([2H])c([2H])c([2H])c2n3-c2ccc3c(c2)N2c4cc(C(C)(C)C)cc5c4B3c3cc(-c4ccccc4)ccc3N5c3c(-c4ccccc4)cc(C(C)(C)C)cc3-c3cccc(c3)-c3ccc4oc5ccc(cc5c4c3)-c3cccc(c3)-c3cc(C(C)(C)C)cc(-c4ccccc4)c32)c([2H])c1[2H]. The Hall–Kier alpha value is -12.4. The fourth-order valence-electron chi connectivity index (χ4n) is 16.7. The number of hydrogen-bond acceptors (Lipinski definition) is 3. The van der Waals surface area contributed by atoms with E-state index in [0.29, 0.717) is 11.4 Å². The molecule has 0 radical (unpaired) electrons. The molecule has 512 valence electrons. The van der Waals surface area contributed by atoms with Crippen LogP contribution in [0.2, 0.25) is 0 Å². The minimum atomic E-state index is -0.701. The Morgan fingerprint density at radius 2 is 0.757 bits per heavy atom. The third-order valence-corrected chi connectivity index (χ3v) is 22.2. The molecule has 5 heterocycles. The van der Waals surface area contributed by atoms with E-state index < -0.39 is 101 Å². The van der Waals surface area contributed by atoms with Gasteiger partial charge in [-0.1, -0.05) is 274 Å². The molecule has 13 bridgehead atoms. The summed E-state index contributed by atoms with van der Waals surface area (Å²) in [6.45, 7) is 19.8. The molecule has 0 atom stereocenters. The maximum Gasteiger partial charge on any atom is 0.252 e. The number of fused-ring (bicyclic) bond motifs is 23. The van der Waals surface area contributed by atoms with Crippen molar-refractivity contribution >= 4 is 101 Å². The van der Waals surface area contributed by atoms with E-state index in [1.807, 2.05) is 18.2 Å². The second kappa shape index (κ2) is 24.1. The zero-order chi connectivity index (χ0) is 82.8. The summed E-state index contributed by atoms with van der Waals surface area (Å²) in [5, 5.41) is 1.67. The molecule has 0 fully saturated rings. The summed E-state index contributed by atoms with van der Waals surface area (Å²) in [6.07, 6.45) is 0. The number of rotatable bonds is 5. The van der Waals surface area contributed by atoms with Gasteiger partial charge >= 0.3 is 0 Å². The highest BCUT2D eigenvalue weighted by molar-refractivity contribution is 7.00. The molecule has 15 aromatic carbocycles. The second-order valence-corrected chi connectivity index (χ2v) is 32.0. The molecule has 0 spiro atoms. The molecule has 17 aromatic rings. The van der Waals surface area contributed by atoms with E-state index >= 15 is 0 Å². The van der Waals surface area contributed by atoms with Gasteiger partial charge in [0.05, 0.1) is 38.9 Å². The molecule has 3 aliphatic rings. The van der Waals surface area contributed by atoms with Crippen molar-refractivity contribution in [2.75, 3.05) is 9.80 Å². The zero-order valence-electron chi connectivity index (χ0n) is 73.0. The normalized spacial score (nSPS) is 14.6. The number of aromatic nitrogens is 1. The largest absolute Gasteiger partial charge is 0.456 e. The fourth-order valence-corrected chi connectivity index (χ4v) is 16.7. The first-order chi connectivity index (χ1) is 56.9. The molecular formula is C102H80BN3O. The summed E-state index contributed by atoms with van der Waals surface area (Å²) in [6, 6.07) is 82.6. The minimum absolute atomic E-state index is 0.0842. The monoisotopic (exact) mass is 1390 g/mol. The fraction of sp³-hybridized carbons (Fsp3) is 0.118. The van der Waals surface area contributed by atoms with Crippen molar-refractivity contribution in [3.05, 3.63) is 338 Å². The molecule has 3 aliphatic heterocycles. The molecule has 0 amide bonds. The van der Waals surface area contributed by atoms with E-state index in [2.05, 4.69) is 303 Å². The van der Waals surface area contributed by atoms with E-state index in [-0.39, 0.29) is 27.2 Å². The summed E-state index contributed by atoms with van der Waals surface area (Å²) in [5.41, 5.74) is 24.6. The van der Waals surface area contributed by atoms with E-state index in [9.17, 15) is 12.3 Å². The van der Waals surface area contributed by atoms with Gasteiger partial charge in [0.25, 0.3) is 6.71 Å². The molecule has 4 nitrogen and oxygen atoms in total. The van der Waals surface area contributed by atoms with E-state index in [0.717, 1.165) is 161 Å². The van der Waals surface area contributed by atoms with Crippen LogP contribution in [0.3, 0.4) is 0 Å². The van der Waals surface area contributed by atoms with Gasteiger partial charge < -0.3 is 18.8 Å². The van der Waals surface area contributed by atoms with Crippen molar-refractivity contribution in [1.82, 2.24) is 4.57 Å². The Kier molecular flexibility index (Phi) is 11.8. The van der Waals surface area contributed by atoms with Crippen LogP contribution in [0.5, 0.6) is 0 Å². The van der Waals surface area contributed by atoms with Crippen LogP contribution < -0.4 is 26.2 Å². The highest BCUT2D eigenvalue weighted by atomic mass is 16.3. The number of anilines is 6. The molecule has 0 saturated heterocycles. The van der Waals surface area contributed by atoms with Gasteiger partial charge in [-0.05, 0) is 225 Å². The summed E-state index contributed by atoms with van der Waals surface area (Å²) >= 11 is 0. The molecule has 0 N–H and O–H groups in total. The van der Waals surface area contributed by atoms with Gasteiger partial charge in [-0.25, -0.2) is 0 Å². The minimum Gasteiger partial charge on any atom is -0.456 e. The number of para-hydroxylation sites is 1. The molecule has 5 heteroatoms. The van der Waals surface area contributed by atoms with Crippen molar-refractivity contribution < 1.29 is 20.9 Å². The molecular weight excluding hydrogens is 1290 g/mol. The zero-order valence-corrected chi connectivity index (χ0v) is 61.0. The number of benzene rings is 15. The lowest BCUT2D eigenvalue weighted by Gasteiger charge is -2.47. The standard InChI is InChI=1S/C102H80BN3O/c1-100(2,3)75-56-80(65-30-18-12-19-31-65)98-82(58-75)73-36-24-34-67(50-73)70-42-48-95-85(53-70)86-54-71(43-49-96(86)107-95)68-35-25-37-74(51-68)83-59-76(101(4,5)6)57-81(66-32-20-13-21-33-66)99(83)106-92-62-78(104-89-39-23-22-38-79(89)84-52-69(40-46-90(84)104)63-26-14-10-15-27-63)44-45-87(92)103-88-55-72(64-28-16-11-17-29-64)41-47-91(88)105(98)93-60-77(102(7,8)9)61-94(106)97(93)103/h10-62H,1-9H3/i10D,14D,15D,22D,23D,26D,27D,38D,39D,40D,46D,52D. The maximum atomic E-state index is 10.4. The first-order valence-corrected chi connectivity index (χ1v) is 36.8. The van der Waals surface area contributed by atoms with Gasteiger partial charge in [-0.15, -0.1) is 0 Å². The molecule has 0 saturated carbocycles. The average Bonchev–Trinajstić information content (AvgIpc) is 1.68. The molecule has 0 aliphatic carbocycles. The van der Waals surface area contributed by atoms with Crippen LogP contribution in [0.4, 0.5) is 34.1 Å². The first kappa shape index (κ1) is 52.5. The lowest BCUT2D eigenvalue weighted by atomic mass is 9.33. The van der Waals surface area contributed by atoms with Crippen LogP contribution in [-0.2, 0) is 16.2 Å². The van der Waals surface area contributed by atoms with Crippen molar-refractivity contribution in [2.45, 2.75) is 78.6 Å². The van der Waals surface area contributed by atoms with Crippen molar-refractivity contribution in [3.8, 4) is 94.7 Å². The van der Waals surface area contributed by atoms with Gasteiger partial charge in [-0.2, -0.15) is 0 Å². The highest BCUT2D eigenvalue weighted by Gasteiger charge is 2.47. The van der Waals surface area contributed by atoms with Crippen molar-refractivity contribution in [2.24, 2.45) is 0 Å². The Morgan fingerprint density at radius 3 is 1.32 bits per heavy atom. The quantitative estimate of drug-likeness (QED) is 0.161. The van der Waals surface area contributed by atoms with Crippen LogP contribution in [0.1, 0.15) is 95.5 Å².